The van der Waals surface area contributed by atoms with E-state index in [0.717, 1.165) is 40.0 Å². The minimum absolute atomic E-state index is 0.107. The van der Waals surface area contributed by atoms with Crippen molar-refractivity contribution >= 4 is 23.2 Å². The van der Waals surface area contributed by atoms with Crippen LogP contribution in [-0.4, -0.2) is 11.8 Å². The number of anilines is 2. The standard InChI is InChI=1S/C31H30N2O2/c1-20-15-24(16-21(2)28(20)32-30(34)26-11-7-5-8-12-26)19-25-17-22(3)29(23(4)18-25)33-31(35)27-13-9-6-10-14-27/h5-18H,19H2,1-4H3,(H,32,34)(H,33,35). The summed E-state index contributed by atoms with van der Waals surface area (Å²) in [6.07, 6.45) is 0.767. The SMILES string of the molecule is Cc1cc(Cc2cc(C)c(NC(=O)c3ccccc3)c(C)c2)cc(C)c1NC(=O)c1ccccc1. The van der Waals surface area contributed by atoms with Crippen molar-refractivity contribution in [3.05, 3.63) is 129 Å². The number of benzene rings is 4. The summed E-state index contributed by atoms with van der Waals surface area (Å²) in [6, 6.07) is 27.0. The second-order valence-corrected chi connectivity index (χ2v) is 9.03. The third kappa shape index (κ3) is 5.67. The quantitative estimate of drug-likeness (QED) is 0.324. The summed E-state index contributed by atoms with van der Waals surface area (Å²) in [7, 11) is 0. The van der Waals surface area contributed by atoms with Gasteiger partial charge in [0.1, 0.15) is 0 Å². The summed E-state index contributed by atoms with van der Waals surface area (Å²) in [5.74, 6) is -0.215. The number of nitrogens with one attached hydrogen (secondary N) is 2. The van der Waals surface area contributed by atoms with Crippen molar-refractivity contribution in [3.63, 3.8) is 0 Å². The number of hydrogen-bond donors (Lipinski definition) is 2. The highest BCUT2D eigenvalue weighted by Crippen LogP contribution is 2.27. The van der Waals surface area contributed by atoms with Crippen LogP contribution in [0.3, 0.4) is 0 Å². The van der Waals surface area contributed by atoms with E-state index < -0.39 is 0 Å². The molecule has 0 unspecified atom stereocenters. The van der Waals surface area contributed by atoms with E-state index in [1.807, 2.05) is 88.4 Å². The molecule has 0 saturated carbocycles. The van der Waals surface area contributed by atoms with E-state index >= 15 is 0 Å². The number of carbonyl (C=O) groups is 2. The van der Waals surface area contributed by atoms with E-state index in [2.05, 4.69) is 34.9 Å². The smallest absolute Gasteiger partial charge is 0.255 e. The maximum atomic E-state index is 12.6. The molecule has 0 fully saturated rings. The lowest BCUT2D eigenvalue weighted by atomic mass is 9.96. The van der Waals surface area contributed by atoms with Gasteiger partial charge in [0.25, 0.3) is 11.8 Å². The van der Waals surface area contributed by atoms with Crippen molar-refractivity contribution in [2.45, 2.75) is 34.1 Å². The molecule has 0 atom stereocenters. The molecule has 0 aliphatic heterocycles. The minimum atomic E-state index is -0.107. The zero-order valence-corrected chi connectivity index (χ0v) is 20.6. The molecule has 0 radical (unpaired) electrons. The van der Waals surface area contributed by atoms with Gasteiger partial charge in [-0.3, -0.25) is 9.59 Å². The highest BCUT2D eigenvalue weighted by molar-refractivity contribution is 6.05. The number of hydrogen-bond acceptors (Lipinski definition) is 2. The van der Waals surface area contributed by atoms with E-state index in [1.165, 1.54) is 11.1 Å². The van der Waals surface area contributed by atoms with E-state index in [4.69, 9.17) is 0 Å². The van der Waals surface area contributed by atoms with Crippen molar-refractivity contribution in [2.75, 3.05) is 10.6 Å². The van der Waals surface area contributed by atoms with Gasteiger partial charge in [0, 0.05) is 22.5 Å². The van der Waals surface area contributed by atoms with Gasteiger partial charge in [-0.2, -0.15) is 0 Å². The Kier molecular flexibility index (Phi) is 7.11. The summed E-state index contributed by atoms with van der Waals surface area (Å²) in [5, 5.41) is 6.13. The second-order valence-electron chi connectivity index (χ2n) is 9.03. The van der Waals surface area contributed by atoms with Crippen molar-refractivity contribution in [1.29, 1.82) is 0 Å². The Morgan fingerprint density at radius 1 is 0.543 bits per heavy atom. The monoisotopic (exact) mass is 462 g/mol. The summed E-state index contributed by atoms with van der Waals surface area (Å²) in [6.45, 7) is 8.09. The number of aryl methyl sites for hydroxylation is 4. The number of carbonyl (C=O) groups excluding carboxylic acids is 2. The van der Waals surface area contributed by atoms with E-state index in [-0.39, 0.29) is 11.8 Å². The van der Waals surface area contributed by atoms with Crippen LogP contribution in [0.4, 0.5) is 11.4 Å². The maximum Gasteiger partial charge on any atom is 0.255 e. The van der Waals surface area contributed by atoms with Crippen LogP contribution >= 0.6 is 0 Å². The van der Waals surface area contributed by atoms with Gasteiger partial charge in [-0.25, -0.2) is 0 Å². The van der Waals surface area contributed by atoms with Gasteiger partial charge in [-0.1, -0.05) is 60.7 Å². The summed E-state index contributed by atoms with van der Waals surface area (Å²) >= 11 is 0. The molecular formula is C31H30N2O2. The van der Waals surface area contributed by atoms with Crippen LogP contribution in [0.25, 0.3) is 0 Å². The molecule has 4 rings (SSSR count). The zero-order valence-electron chi connectivity index (χ0n) is 20.6. The average molecular weight is 463 g/mol. The Bertz CT molecular complexity index is 1220. The van der Waals surface area contributed by atoms with Gasteiger partial charge in [-0.05, 0) is 91.8 Å². The van der Waals surface area contributed by atoms with Gasteiger partial charge in [0.15, 0.2) is 0 Å². The molecule has 4 aromatic carbocycles. The lowest BCUT2D eigenvalue weighted by molar-refractivity contribution is 0.101. The predicted molar refractivity (Wildman–Crippen MR) is 143 cm³/mol. The molecular weight excluding hydrogens is 432 g/mol. The molecule has 35 heavy (non-hydrogen) atoms. The third-order valence-electron chi connectivity index (χ3n) is 6.14. The van der Waals surface area contributed by atoms with Crippen LogP contribution < -0.4 is 10.6 Å². The van der Waals surface area contributed by atoms with E-state index in [1.54, 1.807) is 0 Å². The largest absolute Gasteiger partial charge is 0.322 e. The highest BCUT2D eigenvalue weighted by Gasteiger charge is 2.13. The first-order valence-electron chi connectivity index (χ1n) is 11.7. The van der Waals surface area contributed by atoms with Crippen molar-refractivity contribution < 1.29 is 9.59 Å². The maximum absolute atomic E-state index is 12.6. The summed E-state index contributed by atoms with van der Waals surface area (Å²) in [4.78, 5) is 25.3. The minimum Gasteiger partial charge on any atom is -0.322 e. The summed E-state index contributed by atoms with van der Waals surface area (Å²) < 4.78 is 0. The molecule has 2 amide bonds. The van der Waals surface area contributed by atoms with Gasteiger partial charge in [-0.15, -0.1) is 0 Å². The first-order chi connectivity index (χ1) is 16.8. The third-order valence-corrected chi connectivity index (χ3v) is 6.14. The molecule has 4 aromatic rings. The van der Waals surface area contributed by atoms with Crippen LogP contribution in [0.1, 0.15) is 54.1 Å². The molecule has 4 heteroatoms. The van der Waals surface area contributed by atoms with Crippen molar-refractivity contribution in [3.8, 4) is 0 Å². The van der Waals surface area contributed by atoms with E-state index in [9.17, 15) is 9.59 Å². The molecule has 4 nitrogen and oxygen atoms in total. The van der Waals surface area contributed by atoms with Crippen LogP contribution in [-0.2, 0) is 6.42 Å². The van der Waals surface area contributed by atoms with Crippen LogP contribution in [0, 0.1) is 27.7 Å². The summed E-state index contributed by atoms with van der Waals surface area (Å²) in [5.41, 5.74) is 9.47. The fraction of sp³-hybridized carbons (Fsp3) is 0.161. The molecule has 0 aliphatic carbocycles. The molecule has 0 heterocycles. The zero-order chi connectivity index (χ0) is 24.9. The molecule has 0 saturated heterocycles. The fourth-order valence-electron chi connectivity index (χ4n) is 4.49. The fourth-order valence-corrected chi connectivity index (χ4v) is 4.49. The second kappa shape index (κ2) is 10.4. The molecule has 176 valence electrons. The average Bonchev–Trinajstić information content (AvgIpc) is 2.84. The lowest BCUT2D eigenvalue weighted by Crippen LogP contribution is -2.14. The van der Waals surface area contributed by atoms with Crippen molar-refractivity contribution in [1.82, 2.24) is 0 Å². The number of rotatable bonds is 6. The van der Waals surface area contributed by atoms with Crippen LogP contribution in [0.15, 0.2) is 84.9 Å². The van der Waals surface area contributed by atoms with Gasteiger partial charge in [0.05, 0.1) is 0 Å². The first kappa shape index (κ1) is 24.0. The predicted octanol–water partition coefficient (Wildman–Crippen LogP) is 7.02. The molecule has 0 aromatic heterocycles. The lowest BCUT2D eigenvalue weighted by Gasteiger charge is -2.16. The molecule has 0 aliphatic rings. The van der Waals surface area contributed by atoms with E-state index in [0.29, 0.717) is 11.1 Å². The van der Waals surface area contributed by atoms with Crippen LogP contribution in [0.5, 0.6) is 0 Å². The molecule has 0 spiro atoms. The molecule has 2 N–H and O–H groups in total. The number of amides is 2. The van der Waals surface area contributed by atoms with Crippen molar-refractivity contribution in [2.24, 2.45) is 0 Å². The Morgan fingerprint density at radius 2 is 0.857 bits per heavy atom. The van der Waals surface area contributed by atoms with Crippen LogP contribution in [0.2, 0.25) is 0 Å². The normalized spacial score (nSPS) is 10.6. The molecule has 0 bridgehead atoms. The Hall–Kier alpha value is -4.18. The topological polar surface area (TPSA) is 58.2 Å². The van der Waals surface area contributed by atoms with Gasteiger partial charge in [0.2, 0.25) is 0 Å². The Labute approximate surface area is 207 Å². The highest BCUT2D eigenvalue weighted by atomic mass is 16.2. The Balaban J connectivity index is 1.51. The van der Waals surface area contributed by atoms with Gasteiger partial charge >= 0.3 is 0 Å². The van der Waals surface area contributed by atoms with Gasteiger partial charge < -0.3 is 10.6 Å². The first-order valence-corrected chi connectivity index (χ1v) is 11.7. The Morgan fingerprint density at radius 3 is 1.17 bits per heavy atom.